The smallest absolute Gasteiger partial charge is 0.410 e. The minimum Gasteiger partial charge on any atom is -0.444 e. The first-order chi connectivity index (χ1) is 9.69. The highest BCUT2D eigenvalue weighted by molar-refractivity contribution is 5.68. The first kappa shape index (κ1) is 16.6. The topological polar surface area (TPSA) is 53.0 Å². The molecule has 0 spiro atoms. The molecule has 1 aliphatic heterocycles. The van der Waals surface area contributed by atoms with Crippen LogP contribution < -0.4 is 0 Å². The lowest BCUT2D eigenvalue weighted by molar-refractivity contribution is 0.00481. The Morgan fingerprint density at radius 1 is 1.38 bits per heavy atom. The van der Waals surface area contributed by atoms with Gasteiger partial charge in [0, 0.05) is 25.7 Å². The summed E-state index contributed by atoms with van der Waals surface area (Å²) in [5, 5.41) is 10.5. The molecule has 2 aliphatic rings. The Morgan fingerprint density at radius 3 is 2.57 bits per heavy atom. The van der Waals surface area contributed by atoms with Crippen molar-refractivity contribution in [2.45, 2.75) is 70.1 Å². The summed E-state index contributed by atoms with van der Waals surface area (Å²) in [6.07, 6.45) is 4.78. The zero-order valence-corrected chi connectivity index (χ0v) is 13.9. The van der Waals surface area contributed by atoms with Crippen molar-refractivity contribution in [2.24, 2.45) is 0 Å². The number of hydrogen-bond donors (Lipinski definition) is 1. The highest BCUT2D eigenvalue weighted by atomic mass is 16.6. The van der Waals surface area contributed by atoms with Crippen LogP contribution in [0.4, 0.5) is 4.79 Å². The summed E-state index contributed by atoms with van der Waals surface area (Å²) in [5.74, 6) is 0. The largest absolute Gasteiger partial charge is 0.444 e. The fourth-order valence-electron chi connectivity index (χ4n) is 3.38. The van der Waals surface area contributed by atoms with Gasteiger partial charge in [-0.05, 0) is 47.1 Å². The van der Waals surface area contributed by atoms with Crippen molar-refractivity contribution in [1.82, 2.24) is 9.80 Å². The molecule has 0 bridgehead atoms. The van der Waals surface area contributed by atoms with Gasteiger partial charge in [-0.2, -0.15) is 0 Å². The van der Waals surface area contributed by atoms with Crippen LogP contribution in [0.5, 0.6) is 0 Å². The van der Waals surface area contributed by atoms with Gasteiger partial charge in [-0.1, -0.05) is 12.8 Å². The first-order valence-corrected chi connectivity index (χ1v) is 8.09. The molecule has 0 aromatic heterocycles. The highest BCUT2D eigenvalue weighted by Crippen LogP contribution is 2.31. The van der Waals surface area contributed by atoms with Gasteiger partial charge in [-0.3, -0.25) is 4.90 Å². The van der Waals surface area contributed by atoms with E-state index >= 15 is 0 Å². The number of rotatable bonds is 3. The van der Waals surface area contributed by atoms with E-state index in [1.54, 1.807) is 4.90 Å². The molecule has 2 rings (SSSR count). The maximum Gasteiger partial charge on any atom is 0.410 e. The minimum absolute atomic E-state index is 0.224. The molecule has 1 aliphatic carbocycles. The second-order valence-corrected chi connectivity index (χ2v) is 7.72. The summed E-state index contributed by atoms with van der Waals surface area (Å²) in [6.45, 7) is 7.81. The van der Waals surface area contributed by atoms with E-state index in [-0.39, 0.29) is 6.09 Å². The van der Waals surface area contributed by atoms with Crippen LogP contribution in [0.1, 0.15) is 52.9 Å². The molecule has 1 amide bonds. The molecule has 0 aromatic carbocycles. The molecule has 5 nitrogen and oxygen atoms in total. The Kier molecular flexibility index (Phi) is 4.83. The van der Waals surface area contributed by atoms with Crippen molar-refractivity contribution < 1.29 is 14.6 Å². The molecule has 0 aromatic rings. The summed E-state index contributed by atoms with van der Waals surface area (Å²) >= 11 is 0. The number of likely N-dealkylation sites (tertiary alicyclic amines) is 1. The lowest BCUT2D eigenvalue weighted by Crippen LogP contribution is -2.45. The molecular weight excluding hydrogens is 268 g/mol. The second kappa shape index (κ2) is 6.13. The van der Waals surface area contributed by atoms with Crippen LogP contribution >= 0.6 is 0 Å². The fraction of sp³-hybridized carbons (Fsp3) is 0.938. The number of likely N-dealkylation sites (N-methyl/N-ethyl adjacent to an activating group) is 1. The van der Waals surface area contributed by atoms with Gasteiger partial charge < -0.3 is 14.7 Å². The highest BCUT2D eigenvalue weighted by Gasteiger charge is 2.37. The molecule has 2 fully saturated rings. The van der Waals surface area contributed by atoms with Gasteiger partial charge in [0.25, 0.3) is 0 Å². The van der Waals surface area contributed by atoms with Crippen LogP contribution in [-0.4, -0.2) is 64.9 Å². The van der Waals surface area contributed by atoms with Crippen molar-refractivity contribution in [3.05, 3.63) is 0 Å². The number of aliphatic hydroxyl groups is 1. The Morgan fingerprint density at radius 2 is 2.00 bits per heavy atom. The monoisotopic (exact) mass is 298 g/mol. The van der Waals surface area contributed by atoms with Gasteiger partial charge in [0.2, 0.25) is 0 Å². The van der Waals surface area contributed by atoms with Crippen molar-refractivity contribution in [3.63, 3.8) is 0 Å². The van der Waals surface area contributed by atoms with E-state index in [1.165, 1.54) is 0 Å². The Labute approximate surface area is 128 Å². The molecule has 1 unspecified atom stereocenters. The van der Waals surface area contributed by atoms with Gasteiger partial charge in [0.05, 0.1) is 5.60 Å². The molecule has 1 atom stereocenters. The quantitative estimate of drug-likeness (QED) is 0.868. The molecule has 1 saturated carbocycles. The normalized spacial score (nSPS) is 25.6. The van der Waals surface area contributed by atoms with Crippen molar-refractivity contribution >= 4 is 6.09 Å². The van der Waals surface area contributed by atoms with E-state index in [0.717, 1.165) is 38.6 Å². The molecule has 122 valence electrons. The Hall–Kier alpha value is -0.810. The Bertz CT molecular complexity index is 372. The average molecular weight is 298 g/mol. The third-order valence-electron chi connectivity index (χ3n) is 4.52. The second-order valence-electron chi connectivity index (χ2n) is 7.72. The predicted molar refractivity (Wildman–Crippen MR) is 82.3 cm³/mol. The number of hydrogen-bond acceptors (Lipinski definition) is 4. The van der Waals surface area contributed by atoms with Crippen LogP contribution in [-0.2, 0) is 4.74 Å². The predicted octanol–water partition coefficient (Wildman–Crippen LogP) is 2.23. The van der Waals surface area contributed by atoms with Gasteiger partial charge in [-0.25, -0.2) is 4.79 Å². The number of ether oxygens (including phenoxy) is 1. The zero-order chi connectivity index (χ0) is 15.7. The van der Waals surface area contributed by atoms with Crippen LogP contribution in [0.15, 0.2) is 0 Å². The minimum atomic E-state index is -0.520. The van der Waals surface area contributed by atoms with Crippen LogP contribution in [0.2, 0.25) is 0 Å². The molecule has 1 saturated heterocycles. The average Bonchev–Trinajstić information content (AvgIpc) is 2.95. The third kappa shape index (κ3) is 4.58. The molecule has 5 heteroatoms. The lowest BCUT2D eigenvalue weighted by atomic mass is 10.0. The maximum absolute atomic E-state index is 12.1. The summed E-state index contributed by atoms with van der Waals surface area (Å²) in [6, 6.07) is 0.321. The lowest BCUT2D eigenvalue weighted by Gasteiger charge is -2.32. The number of carbonyl (C=O) groups is 1. The summed E-state index contributed by atoms with van der Waals surface area (Å²) in [4.78, 5) is 16.1. The van der Waals surface area contributed by atoms with Gasteiger partial charge >= 0.3 is 6.09 Å². The summed E-state index contributed by atoms with van der Waals surface area (Å²) in [5.41, 5.74) is -0.964. The van der Waals surface area contributed by atoms with Gasteiger partial charge in [0.1, 0.15) is 5.60 Å². The third-order valence-corrected chi connectivity index (χ3v) is 4.52. The first-order valence-electron chi connectivity index (χ1n) is 8.09. The van der Waals surface area contributed by atoms with Gasteiger partial charge in [-0.15, -0.1) is 0 Å². The number of carbonyl (C=O) groups excluding carboxylic acids is 1. The Balaban J connectivity index is 1.82. The maximum atomic E-state index is 12.1. The molecular formula is C16H30N2O3. The molecule has 21 heavy (non-hydrogen) atoms. The number of amides is 1. The summed E-state index contributed by atoms with van der Waals surface area (Å²) < 4.78 is 5.42. The van der Waals surface area contributed by atoms with Crippen molar-refractivity contribution in [3.8, 4) is 0 Å². The van der Waals surface area contributed by atoms with Crippen molar-refractivity contribution in [1.29, 1.82) is 0 Å². The SMILES string of the molecule is CN(CC1(O)CCCC1)C1CCN(C(=O)OC(C)(C)C)C1. The van der Waals surface area contributed by atoms with E-state index in [2.05, 4.69) is 11.9 Å². The number of nitrogens with zero attached hydrogens (tertiary/aromatic N) is 2. The van der Waals surface area contributed by atoms with E-state index in [1.807, 2.05) is 20.8 Å². The van der Waals surface area contributed by atoms with Crippen LogP contribution in [0.3, 0.4) is 0 Å². The van der Waals surface area contributed by atoms with Crippen LogP contribution in [0, 0.1) is 0 Å². The molecule has 0 radical (unpaired) electrons. The fourth-order valence-corrected chi connectivity index (χ4v) is 3.38. The van der Waals surface area contributed by atoms with Crippen molar-refractivity contribution in [2.75, 3.05) is 26.7 Å². The van der Waals surface area contributed by atoms with Gasteiger partial charge in [0.15, 0.2) is 0 Å². The van der Waals surface area contributed by atoms with E-state index in [0.29, 0.717) is 19.1 Å². The zero-order valence-electron chi connectivity index (χ0n) is 13.9. The van der Waals surface area contributed by atoms with E-state index in [4.69, 9.17) is 4.74 Å². The molecule has 1 N–H and O–H groups in total. The van der Waals surface area contributed by atoms with E-state index < -0.39 is 11.2 Å². The molecule has 1 heterocycles. The van der Waals surface area contributed by atoms with Crippen LogP contribution in [0.25, 0.3) is 0 Å². The van der Waals surface area contributed by atoms with E-state index in [9.17, 15) is 9.90 Å². The summed E-state index contributed by atoms with van der Waals surface area (Å²) in [7, 11) is 2.06. The standard InChI is InChI=1S/C16H30N2O3/c1-15(2,3)21-14(19)18-10-7-13(11-18)17(4)12-16(20)8-5-6-9-16/h13,20H,5-12H2,1-4H3.